The molecule has 1 aromatic heterocycles. The minimum Gasteiger partial charge on any atom is -0.447 e. The van der Waals surface area contributed by atoms with Crippen molar-refractivity contribution < 1.29 is 9.53 Å². The Hall–Kier alpha value is -2.93. The Morgan fingerprint density at radius 3 is 2.60 bits per heavy atom. The van der Waals surface area contributed by atoms with E-state index >= 15 is 0 Å². The molecule has 30 heavy (non-hydrogen) atoms. The number of carbonyl (C=O) groups is 1. The predicted octanol–water partition coefficient (Wildman–Crippen LogP) is 5.27. The molecule has 1 aliphatic rings. The van der Waals surface area contributed by atoms with Gasteiger partial charge in [-0.05, 0) is 12.5 Å². The molecule has 0 spiro atoms. The fourth-order valence-electron chi connectivity index (χ4n) is 3.36. The molecule has 1 amide bonds. The zero-order chi connectivity index (χ0) is 20.9. The van der Waals surface area contributed by atoms with Crippen LogP contribution in [0.3, 0.4) is 0 Å². The number of unbranched alkanes of at least 4 members (excludes halogenated alkanes) is 1. The molecule has 0 radical (unpaired) electrons. The predicted molar refractivity (Wildman–Crippen MR) is 118 cm³/mol. The molecule has 1 atom stereocenters. The summed E-state index contributed by atoms with van der Waals surface area (Å²) in [4.78, 5) is 19.4. The number of hydrogen-bond acceptors (Lipinski definition) is 6. The molecule has 1 aliphatic heterocycles. The van der Waals surface area contributed by atoms with Crippen molar-refractivity contribution in [1.82, 2.24) is 15.2 Å². The van der Waals surface area contributed by atoms with Gasteiger partial charge in [0.05, 0.1) is 5.69 Å². The summed E-state index contributed by atoms with van der Waals surface area (Å²) in [5.41, 5.74) is 2.97. The number of nitrogens with zero attached hydrogens (tertiary/aromatic N) is 4. The van der Waals surface area contributed by atoms with E-state index in [0.717, 1.165) is 35.4 Å². The molecule has 0 N–H and O–H groups in total. The first-order chi connectivity index (χ1) is 14.7. The van der Waals surface area contributed by atoms with Gasteiger partial charge in [0.1, 0.15) is 0 Å². The molecule has 1 unspecified atom stereocenters. The van der Waals surface area contributed by atoms with E-state index in [9.17, 15) is 4.79 Å². The molecular formula is C23H24N4O2S. The second-order valence-corrected chi connectivity index (χ2v) is 8.03. The first-order valence-corrected chi connectivity index (χ1v) is 11.2. The number of benzene rings is 2. The molecule has 0 fully saturated rings. The van der Waals surface area contributed by atoms with Crippen LogP contribution in [0.25, 0.3) is 11.3 Å². The van der Waals surface area contributed by atoms with E-state index in [1.54, 1.807) is 16.7 Å². The Bertz CT molecular complexity index is 1030. The minimum absolute atomic E-state index is 0.0328. The molecule has 154 valence electrons. The van der Waals surface area contributed by atoms with Gasteiger partial charge >= 0.3 is 0 Å². The molecule has 2 heterocycles. The average Bonchev–Trinajstić information content (AvgIpc) is 2.94. The van der Waals surface area contributed by atoms with Crippen molar-refractivity contribution in [1.29, 1.82) is 0 Å². The standard InChI is InChI=1S/C23H24N4O2S/c1-3-5-15-30-23-24-21-20(25-26-23)17-13-9-10-14-18(17)27(19(28)4-2)22(29-21)16-11-7-6-8-12-16/h6-14,22H,3-5,15H2,1-2H3. The summed E-state index contributed by atoms with van der Waals surface area (Å²) in [5.74, 6) is 1.29. The summed E-state index contributed by atoms with van der Waals surface area (Å²) in [6, 6.07) is 17.4. The lowest BCUT2D eigenvalue weighted by Gasteiger charge is -2.30. The Morgan fingerprint density at radius 2 is 1.83 bits per heavy atom. The summed E-state index contributed by atoms with van der Waals surface area (Å²) in [5, 5.41) is 9.35. The van der Waals surface area contributed by atoms with Crippen LogP contribution in [-0.4, -0.2) is 26.8 Å². The number of aromatic nitrogens is 3. The maximum atomic E-state index is 13.0. The number of amides is 1. The highest BCUT2D eigenvalue weighted by molar-refractivity contribution is 7.99. The van der Waals surface area contributed by atoms with Crippen LogP contribution < -0.4 is 9.64 Å². The monoisotopic (exact) mass is 420 g/mol. The van der Waals surface area contributed by atoms with E-state index in [1.165, 1.54) is 0 Å². The molecule has 0 saturated heterocycles. The summed E-state index contributed by atoms with van der Waals surface area (Å²) >= 11 is 1.57. The number of thioether (sulfide) groups is 1. The van der Waals surface area contributed by atoms with Crippen LogP contribution in [0.5, 0.6) is 5.88 Å². The van der Waals surface area contributed by atoms with Crippen LogP contribution in [0.1, 0.15) is 44.9 Å². The summed E-state index contributed by atoms with van der Waals surface area (Å²) in [7, 11) is 0. The highest BCUT2D eigenvalue weighted by Crippen LogP contribution is 2.43. The van der Waals surface area contributed by atoms with Gasteiger partial charge in [0.2, 0.25) is 23.2 Å². The van der Waals surface area contributed by atoms with E-state index < -0.39 is 6.23 Å². The van der Waals surface area contributed by atoms with Gasteiger partial charge in [-0.15, -0.1) is 10.2 Å². The molecule has 7 heteroatoms. The van der Waals surface area contributed by atoms with Gasteiger partial charge in [-0.1, -0.05) is 80.6 Å². The second kappa shape index (κ2) is 9.26. The van der Waals surface area contributed by atoms with Crippen molar-refractivity contribution in [2.24, 2.45) is 0 Å². The number of hydrogen-bond donors (Lipinski definition) is 0. The van der Waals surface area contributed by atoms with Crippen molar-refractivity contribution in [2.75, 3.05) is 10.7 Å². The maximum Gasteiger partial charge on any atom is 0.247 e. The highest BCUT2D eigenvalue weighted by atomic mass is 32.2. The van der Waals surface area contributed by atoms with Gasteiger partial charge < -0.3 is 4.74 Å². The fourth-order valence-corrected chi connectivity index (χ4v) is 4.22. The largest absolute Gasteiger partial charge is 0.447 e. The quantitative estimate of drug-likeness (QED) is 0.400. The van der Waals surface area contributed by atoms with Crippen molar-refractivity contribution in [3.05, 3.63) is 60.2 Å². The third-order valence-electron chi connectivity index (χ3n) is 4.90. The number of anilines is 1. The Kier molecular flexibility index (Phi) is 6.28. The van der Waals surface area contributed by atoms with Gasteiger partial charge in [-0.3, -0.25) is 9.69 Å². The number of para-hydroxylation sites is 1. The summed E-state index contributed by atoms with van der Waals surface area (Å²) < 4.78 is 6.39. The van der Waals surface area contributed by atoms with Crippen LogP contribution in [0.15, 0.2) is 59.8 Å². The van der Waals surface area contributed by atoms with E-state index in [2.05, 4.69) is 22.1 Å². The second-order valence-electron chi connectivity index (χ2n) is 6.97. The molecular weight excluding hydrogens is 396 g/mol. The molecule has 6 nitrogen and oxygen atoms in total. The highest BCUT2D eigenvalue weighted by Gasteiger charge is 2.35. The van der Waals surface area contributed by atoms with Crippen LogP contribution >= 0.6 is 11.8 Å². The number of carbonyl (C=O) groups excluding carboxylic acids is 1. The van der Waals surface area contributed by atoms with Gasteiger partial charge in [-0.2, -0.15) is 4.98 Å². The van der Waals surface area contributed by atoms with Crippen LogP contribution in [0.4, 0.5) is 5.69 Å². The topological polar surface area (TPSA) is 68.2 Å². The van der Waals surface area contributed by atoms with E-state index in [1.807, 2.05) is 61.5 Å². The Morgan fingerprint density at radius 1 is 1.07 bits per heavy atom. The van der Waals surface area contributed by atoms with Crippen LogP contribution in [0.2, 0.25) is 0 Å². The zero-order valence-corrected chi connectivity index (χ0v) is 17.9. The SMILES string of the molecule is CCCCSc1nnc2c(n1)OC(c1ccccc1)N(C(=O)CC)c1ccccc1-2. The maximum absolute atomic E-state index is 13.0. The zero-order valence-electron chi connectivity index (χ0n) is 17.1. The summed E-state index contributed by atoms with van der Waals surface area (Å²) in [6.45, 7) is 4.01. The number of fused-ring (bicyclic) bond motifs is 3. The molecule has 0 aliphatic carbocycles. The van der Waals surface area contributed by atoms with E-state index in [4.69, 9.17) is 4.74 Å². The third-order valence-corrected chi connectivity index (χ3v) is 5.82. The Balaban J connectivity index is 1.85. The smallest absolute Gasteiger partial charge is 0.247 e. The van der Waals surface area contributed by atoms with E-state index in [-0.39, 0.29) is 5.91 Å². The van der Waals surface area contributed by atoms with Crippen molar-refractivity contribution in [3.8, 4) is 17.1 Å². The van der Waals surface area contributed by atoms with Crippen LogP contribution in [0, 0.1) is 0 Å². The first-order valence-electron chi connectivity index (χ1n) is 10.2. The third kappa shape index (κ3) is 4.03. The van der Waals surface area contributed by atoms with Gasteiger partial charge in [0, 0.05) is 23.3 Å². The molecule has 0 bridgehead atoms. The molecule has 2 aromatic carbocycles. The number of ether oxygens (including phenoxy) is 1. The number of rotatable bonds is 6. The lowest BCUT2D eigenvalue weighted by Crippen LogP contribution is -2.37. The van der Waals surface area contributed by atoms with Crippen LogP contribution in [-0.2, 0) is 4.79 Å². The van der Waals surface area contributed by atoms with E-state index in [0.29, 0.717) is 23.2 Å². The Labute approximate surface area is 180 Å². The first kappa shape index (κ1) is 20.3. The average molecular weight is 421 g/mol. The normalized spacial score (nSPS) is 15.0. The lowest BCUT2D eigenvalue weighted by atomic mass is 10.1. The van der Waals surface area contributed by atoms with Gasteiger partial charge in [0.25, 0.3) is 0 Å². The fraction of sp³-hybridized carbons (Fsp3) is 0.304. The lowest BCUT2D eigenvalue weighted by molar-refractivity contribution is -0.120. The molecule has 4 rings (SSSR count). The van der Waals surface area contributed by atoms with Gasteiger partial charge in [-0.25, -0.2) is 0 Å². The van der Waals surface area contributed by atoms with Crippen molar-refractivity contribution in [3.63, 3.8) is 0 Å². The van der Waals surface area contributed by atoms with Crippen molar-refractivity contribution >= 4 is 23.4 Å². The minimum atomic E-state index is -0.633. The van der Waals surface area contributed by atoms with Crippen molar-refractivity contribution in [2.45, 2.75) is 44.5 Å². The van der Waals surface area contributed by atoms with Gasteiger partial charge in [0.15, 0.2) is 5.69 Å². The molecule has 0 saturated carbocycles. The summed E-state index contributed by atoms with van der Waals surface area (Å²) in [6.07, 6.45) is 1.92. The molecule has 3 aromatic rings.